The molecule has 19 heavy (non-hydrogen) atoms. The van der Waals surface area contributed by atoms with Crippen molar-refractivity contribution in [1.82, 2.24) is 9.80 Å². The number of piperidine rings is 1. The molecule has 2 aliphatic heterocycles. The normalized spacial score (nSPS) is 26.9. The van der Waals surface area contributed by atoms with Gasteiger partial charge in [-0.05, 0) is 38.8 Å². The minimum absolute atomic E-state index is 0.209. The minimum atomic E-state index is -0.209. The topological polar surface area (TPSA) is 49.6 Å². The number of nitrogens with two attached hydrogens (primary N) is 1. The molecule has 4 nitrogen and oxygen atoms in total. The molecule has 0 radical (unpaired) electrons. The fourth-order valence-electron chi connectivity index (χ4n) is 3.09. The first-order valence-corrected chi connectivity index (χ1v) is 7.73. The molecule has 2 N–H and O–H groups in total. The van der Waals surface area contributed by atoms with Crippen LogP contribution in [0.4, 0.5) is 0 Å². The number of amides is 1. The van der Waals surface area contributed by atoms with E-state index in [0.29, 0.717) is 18.0 Å². The number of hydrogen-bond donors (Lipinski definition) is 1. The highest BCUT2D eigenvalue weighted by Crippen LogP contribution is 2.27. The van der Waals surface area contributed by atoms with Gasteiger partial charge in [0.1, 0.15) is 0 Å². The zero-order chi connectivity index (χ0) is 14.0. The fourth-order valence-corrected chi connectivity index (χ4v) is 3.09. The van der Waals surface area contributed by atoms with Crippen LogP contribution in [0.5, 0.6) is 0 Å². The maximum atomic E-state index is 12.5. The van der Waals surface area contributed by atoms with Gasteiger partial charge in [-0.15, -0.1) is 0 Å². The Labute approximate surface area is 117 Å². The summed E-state index contributed by atoms with van der Waals surface area (Å²) in [5.74, 6) is 0.325. The van der Waals surface area contributed by atoms with E-state index in [2.05, 4.69) is 30.6 Å². The summed E-state index contributed by atoms with van der Waals surface area (Å²) < 4.78 is 0. The van der Waals surface area contributed by atoms with Gasteiger partial charge in [0, 0.05) is 30.6 Å². The van der Waals surface area contributed by atoms with Crippen LogP contribution in [0.25, 0.3) is 0 Å². The van der Waals surface area contributed by atoms with Gasteiger partial charge < -0.3 is 10.6 Å². The number of nitrogens with zero attached hydrogens (tertiary/aromatic N) is 2. The number of carbonyl (C=O) groups is 1. The van der Waals surface area contributed by atoms with Crippen molar-refractivity contribution in [3.8, 4) is 0 Å². The lowest BCUT2D eigenvalue weighted by Crippen LogP contribution is -2.47. The maximum Gasteiger partial charge on any atom is 0.228 e. The zero-order valence-corrected chi connectivity index (χ0v) is 12.7. The molecule has 0 aliphatic carbocycles. The average Bonchev–Trinajstić information content (AvgIpc) is 2.88. The molecule has 2 fully saturated rings. The molecule has 1 amide bonds. The van der Waals surface area contributed by atoms with Crippen LogP contribution in [0.2, 0.25) is 0 Å². The lowest BCUT2D eigenvalue weighted by Gasteiger charge is -2.35. The van der Waals surface area contributed by atoms with Gasteiger partial charge in [-0.2, -0.15) is 0 Å². The SMILES string of the molecule is CCC(C)(C)C(=O)N1CCC(N2CCC(N)CC2)C1. The molecule has 0 aromatic rings. The van der Waals surface area contributed by atoms with E-state index in [0.717, 1.165) is 51.9 Å². The van der Waals surface area contributed by atoms with Crippen LogP contribution in [0.15, 0.2) is 0 Å². The van der Waals surface area contributed by atoms with Gasteiger partial charge in [0.05, 0.1) is 0 Å². The Balaban J connectivity index is 1.88. The summed E-state index contributed by atoms with van der Waals surface area (Å²) in [5.41, 5.74) is 5.75. The van der Waals surface area contributed by atoms with Crippen molar-refractivity contribution in [1.29, 1.82) is 0 Å². The van der Waals surface area contributed by atoms with E-state index >= 15 is 0 Å². The van der Waals surface area contributed by atoms with Crippen LogP contribution in [0.1, 0.15) is 46.5 Å². The van der Waals surface area contributed by atoms with Crippen molar-refractivity contribution in [3.05, 3.63) is 0 Å². The highest BCUT2D eigenvalue weighted by atomic mass is 16.2. The minimum Gasteiger partial charge on any atom is -0.341 e. The van der Waals surface area contributed by atoms with E-state index in [1.54, 1.807) is 0 Å². The van der Waals surface area contributed by atoms with Crippen molar-refractivity contribution in [3.63, 3.8) is 0 Å². The molecule has 110 valence electrons. The summed E-state index contributed by atoms with van der Waals surface area (Å²) in [6, 6.07) is 0.943. The Morgan fingerprint density at radius 1 is 1.21 bits per heavy atom. The van der Waals surface area contributed by atoms with Gasteiger partial charge >= 0.3 is 0 Å². The van der Waals surface area contributed by atoms with Gasteiger partial charge in [-0.1, -0.05) is 20.8 Å². The van der Waals surface area contributed by atoms with Crippen molar-refractivity contribution < 1.29 is 4.79 Å². The van der Waals surface area contributed by atoms with Crippen molar-refractivity contribution in [2.45, 2.75) is 58.5 Å². The summed E-state index contributed by atoms with van der Waals surface area (Å²) in [6.07, 6.45) is 4.24. The van der Waals surface area contributed by atoms with Gasteiger partial charge in [0.2, 0.25) is 5.91 Å². The first-order valence-electron chi connectivity index (χ1n) is 7.73. The summed E-state index contributed by atoms with van der Waals surface area (Å²) in [6.45, 7) is 10.3. The molecule has 0 saturated carbocycles. The second-order valence-corrected chi connectivity index (χ2v) is 6.80. The molecule has 1 atom stereocenters. The summed E-state index contributed by atoms with van der Waals surface area (Å²) in [5, 5.41) is 0. The Morgan fingerprint density at radius 3 is 2.42 bits per heavy atom. The molecule has 0 aromatic heterocycles. The third-order valence-corrected chi connectivity index (χ3v) is 5.00. The summed E-state index contributed by atoms with van der Waals surface area (Å²) in [4.78, 5) is 17.1. The Kier molecular flexibility index (Phi) is 4.51. The second-order valence-electron chi connectivity index (χ2n) is 6.80. The molecule has 0 spiro atoms. The van der Waals surface area contributed by atoms with Gasteiger partial charge in [0.15, 0.2) is 0 Å². The molecular formula is C15H29N3O. The second kappa shape index (κ2) is 5.80. The summed E-state index contributed by atoms with van der Waals surface area (Å²) >= 11 is 0. The van der Waals surface area contributed by atoms with E-state index in [1.165, 1.54) is 0 Å². The van der Waals surface area contributed by atoms with Gasteiger partial charge in [-0.3, -0.25) is 9.69 Å². The first-order chi connectivity index (χ1) is 8.94. The summed E-state index contributed by atoms with van der Waals surface area (Å²) in [7, 11) is 0. The van der Waals surface area contributed by atoms with E-state index in [-0.39, 0.29) is 5.41 Å². The zero-order valence-electron chi connectivity index (χ0n) is 12.7. The van der Waals surface area contributed by atoms with E-state index < -0.39 is 0 Å². The maximum absolute atomic E-state index is 12.5. The quantitative estimate of drug-likeness (QED) is 0.842. The molecule has 0 bridgehead atoms. The molecule has 2 heterocycles. The van der Waals surface area contributed by atoms with Crippen LogP contribution in [-0.4, -0.2) is 54.0 Å². The van der Waals surface area contributed by atoms with Gasteiger partial charge in [0.25, 0.3) is 0 Å². The Hall–Kier alpha value is -0.610. The van der Waals surface area contributed by atoms with E-state index in [9.17, 15) is 4.79 Å². The highest BCUT2D eigenvalue weighted by molar-refractivity contribution is 5.82. The molecule has 1 unspecified atom stereocenters. The van der Waals surface area contributed by atoms with Gasteiger partial charge in [-0.25, -0.2) is 0 Å². The molecular weight excluding hydrogens is 238 g/mol. The number of carbonyl (C=O) groups excluding carboxylic acids is 1. The number of likely N-dealkylation sites (tertiary alicyclic amines) is 2. The van der Waals surface area contributed by atoms with Crippen LogP contribution in [0.3, 0.4) is 0 Å². The predicted octanol–water partition coefficient (Wildman–Crippen LogP) is 1.45. The average molecular weight is 267 g/mol. The lowest BCUT2D eigenvalue weighted by molar-refractivity contribution is -0.139. The smallest absolute Gasteiger partial charge is 0.228 e. The Bertz CT molecular complexity index is 321. The van der Waals surface area contributed by atoms with Crippen LogP contribution in [-0.2, 0) is 4.79 Å². The van der Waals surface area contributed by atoms with Crippen LogP contribution >= 0.6 is 0 Å². The molecule has 2 rings (SSSR count). The molecule has 4 heteroatoms. The molecule has 0 aromatic carbocycles. The number of hydrogen-bond acceptors (Lipinski definition) is 3. The van der Waals surface area contributed by atoms with Crippen LogP contribution in [0, 0.1) is 5.41 Å². The fraction of sp³-hybridized carbons (Fsp3) is 0.933. The lowest BCUT2D eigenvalue weighted by atomic mass is 9.88. The predicted molar refractivity (Wildman–Crippen MR) is 77.8 cm³/mol. The highest BCUT2D eigenvalue weighted by Gasteiger charge is 2.36. The number of rotatable bonds is 3. The molecule has 2 aliphatic rings. The van der Waals surface area contributed by atoms with Crippen molar-refractivity contribution in [2.75, 3.05) is 26.2 Å². The Morgan fingerprint density at radius 2 is 1.84 bits per heavy atom. The molecule has 2 saturated heterocycles. The standard InChI is InChI=1S/C15H29N3O/c1-4-15(2,3)14(19)18-10-7-13(11-18)17-8-5-12(16)6-9-17/h12-13H,4-11,16H2,1-3H3. The van der Waals surface area contributed by atoms with Crippen molar-refractivity contribution >= 4 is 5.91 Å². The van der Waals surface area contributed by atoms with Crippen LogP contribution < -0.4 is 5.73 Å². The third-order valence-electron chi connectivity index (χ3n) is 5.00. The van der Waals surface area contributed by atoms with E-state index in [4.69, 9.17) is 5.73 Å². The third kappa shape index (κ3) is 3.29. The first kappa shape index (κ1) is 14.8. The van der Waals surface area contributed by atoms with Crippen molar-refractivity contribution in [2.24, 2.45) is 11.1 Å². The monoisotopic (exact) mass is 267 g/mol. The largest absolute Gasteiger partial charge is 0.341 e. The van der Waals surface area contributed by atoms with E-state index in [1.807, 2.05) is 0 Å².